The summed E-state index contributed by atoms with van der Waals surface area (Å²) in [6.45, 7) is 5.00. The van der Waals surface area contributed by atoms with Gasteiger partial charge < -0.3 is 20.4 Å². The number of hydrogen-bond donors (Lipinski definition) is 2. The molecule has 2 saturated heterocycles. The van der Waals surface area contributed by atoms with Crippen LogP contribution in [0.5, 0.6) is 0 Å². The van der Waals surface area contributed by atoms with Gasteiger partial charge in [-0.25, -0.2) is 15.0 Å². The molecule has 2 N–H and O–H groups in total. The first kappa shape index (κ1) is 19.1. The summed E-state index contributed by atoms with van der Waals surface area (Å²) in [5.41, 5.74) is 2.89. The zero-order valence-corrected chi connectivity index (χ0v) is 18.4. The normalized spacial score (nSPS) is 20.4. The number of fused-ring (bicyclic) bond motifs is 3. The Bertz CT molecular complexity index is 1310. The molecule has 2 aliphatic rings. The van der Waals surface area contributed by atoms with Crippen LogP contribution in [0.3, 0.4) is 0 Å². The average Bonchev–Trinajstić information content (AvgIpc) is 3.24. The number of H-pyrrole nitrogens is 1. The molecule has 6 heterocycles. The molecule has 0 aromatic carbocycles. The predicted octanol–water partition coefficient (Wildman–Crippen LogP) is 2.91. The summed E-state index contributed by atoms with van der Waals surface area (Å²) in [6.07, 6.45) is 4.02. The second kappa shape index (κ2) is 7.22. The van der Waals surface area contributed by atoms with Crippen LogP contribution in [0.4, 0.5) is 5.82 Å². The Hall–Kier alpha value is -2.62. The Labute approximate surface area is 187 Å². The number of hydrogen-bond acceptors (Lipinski definition) is 7. The van der Waals surface area contributed by atoms with Crippen molar-refractivity contribution in [3.8, 4) is 0 Å². The number of rotatable bonds is 4. The Morgan fingerprint density at radius 3 is 3.00 bits per heavy atom. The lowest BCUT2D eigenvalue weighted by atomic mass is 9.96. The van der Waals surface area contributed by atoms with E-state index in [0.717, 1.165) is 58.2 Å². The number of aryl methyl sites for hydroxylation is 1. The molecule has 0 spiro atoms. The Kier molecular flexibility index (Phi) is 4.45. The van der Waals surface area contributed by atoms with Gasteiger partial charge in [-0.2, -0.15) is 4.73 Å². The molecule has 4 aromatic heterocycles. The van der Waals surface area contributed by atoms with Crippen LogP contribution in [0.15, 0.2) is 40.6 Å². The molecule has 31 heavy (non-hydrogen) atoms. The Morgan fingerprint density at radius 1 is 1.35 bits per heavy atom. The Morgan fingerprint density at radius 2 is 2.26 bits per heavy atom. The standard InChI is InChI=1S/C21H20ClN7OS/c1-2-13-18(22)17-19(25-13)26-21(27-20(17)28-9-11-7-23-15(11)10-28)31-12-6-16-14(24-8-12)4-3-5-29(16)30/h3-6,8,11,15,23H,2,7,9-10H2,1H3,(H,25,26,27). The molecule has 0 saturated carbocycles. The Balaban J connectivity index is 1.44. The molecule has 4 aromatic rings. The van der Waals surface area contributed by atoms with Crippen molar-refractivity contribution >= 4 is 51.2 Å². The third kappa shape index (κ3) is 3.10. The van der Waals surface area contributed by atoms with Gasteiger partial charge in [-0.1, -0.05) is 18.5 Å². The topological polar surface area (TPSA) is 96.7 Å². The molecule has 0 amide bonds. The summed E-state index contributed by atoms with van der Waals surface area (Å²) < 4.78 is 0.827. The second-order valence-corrected chi connectivity index (χ2v) is 9.43. The van der Waals surface area contributed by atoms with E-state index in [4.69, 9.17) is 21.6 Å². The lowest BCUT2D eigenvalue weighted by Crippen LogP contribution is -2.51. The highest BCUT2D eigenvalue weighted by Crippen LogP contribution is 2.39. The summed E-state index contributed by atoms with van der Waals surface area (Å²) >= 11 is 8.11. The maximum absolute atomic E-state index is 12.1. The van der Waals surface area contributed by atoms with Crippen molar-refractivity contribution in [2.45, 2.75) is 29.4 Å². The van der Waals surface area contributed by atoms with Gasteiger partial charge >= 0.3 is 0 Å². The van der Waals surface area contributed by atoms with E-state index < -0.39 is 0 Å². The average molecular weight is 454 g/mol. The molecule has 8 nitrogen and oxygen atoms in total. The molecular formula is C21H20ClN7OS. The minimum Gasteiger partial charge on any atom is -0.618 e. The molecule has 2 aliphatic heterocycles. The lowest BCUT2D eigenvalue weighted by molar-refractivity contribution is -0.577. The van der Waals surface area contributed by atoms with Crippen LogP contribution in [0.25, 0.3) is 22.1 Å². The molecule has 0 bridgehead atoms. The first-order valence-electron chi connectivity index (χ1n) is 10.3. The molecule has 0 aliphatic carbocycles. The van der Waals surface area contributed by atoms with E-state index >= 15 is 0 Å². The fourth-order valence-electron chi connectivity index (χ4n) is 4.42. The minimum atomic E-state index is 0.515. The maximum Gasteiger partial charge on any atom is 0.243 e. The molecule has 2 unspecified atom stereocenters. The summed E-state index contributed by atoms with van der Waals surface area (Å²) in [7, 11) is 0. The number of halogens is 1. The van der Waals surface area contributed by atoms with Crippen molar-refractivity contribution in [3.05, 3.63) is 46.5 Å². The van der Waals surface area contributed by atoms with Gasteiger partial charge in [0.15, 0.2) is 11.4 Å². The van der Waals surface area contributed by atoms with Gasteiger partial charge in [0.1, 0.15) is 17.0 Å². The number of anilines is 1. The van der Waals surface area contributed by atoms with Crippen molar-refractivity contribution in [2.24, 2.45) is 5.92 Å². The number of pyridine rings is 2. The van der Waals surface area contributed by atoms with Crippen LogP contribution < -0.4 is 14.9 Å². The molecule has 2 atom stereocenters. The monoisotopic (exact) mass is 453 g/mol. The van der Waals surface area contributed by atoms with E-state index in [1.54, 1.807) is 12.3 Å². The number of nitrogens with one attached hydrogen (secondary N) is 2. The van der Waals surface area contributed by atoms with E-state index in [-0.39, 0.29) is 0 Å². The predicted molar refractivity (Wildman–Crippen MR) is 121 cm³/mol. The van der Waals surface area contributed by atoms with Gasteiger partial charge in [0.25, 0.3) is 0 Å². The van der Waals surface area contributed by atoms with Crippen molar-refractivity contribution in [1.82, 2.24) is 25.3 Å². The van der Waals surface area contributed by atoms with Gasteiger partial charge in [0, 0.05) is 60.5 Å². The minimum absolute atomic E-state index is 0.515. The molecule has 6 rings (SSSR count). The zero-order valence-electron chi connectivity index (χ0n) is 16.8. The van der Waals surface area contributed by atoms with Gasteiger partial charge in [0.2, 0.25) is 5.52 Å². The first-order chi connectivity index (χ1) is 15.1. The van der Waals surface area contributed by atoms with E-state index in [0.29, 0.717) is 33.2 Å². The highest BCUT2D eigenvalue weighted by molar-refractivity contribution is 7.99. The molecular weight excluding hydrogens is 434 g/mol. The van der Waals surface area contributed by atoms with E-state index in [1.807, 2.05) is 12.1 Å². The highest BCUT2D eigenvalue weighted by Gasteiger charge is 2.40. The lowest BCUT2D eigenvalue weighted by Gasteiger charge is -2.29. The van der Waals surface area contributed by atoms with Crippen molar-refractivity contribution in [3.63, 3.8) is 0 Å². The SMILES string of the molecule is CCc1[nH]c2nc(Sc3cnc4ccc[n+]([O-])c4c3)nc(N3CC4CNC4C3)c2c1Cl. The molecule has 0 radical (unpaired) electrons. The van der Waals surface area contributed by atoms with Crippen LogP contribution in [-0.4, -0.2) is 45.6 Å². The van der Waals surface area contributed by atoms with Crippen molar-refractivity contribution in [1.29, 1.82) is 0 Å². The number of aromatic nitrogens is 5. The number of nitrogens with zero attached hydrogens (tertiary/aromatic N) is 5. The summed E-state index contributed by atoms with van der Waals surface area (Å²) in [6, 6.07) is 5.85. The quantitative estimate of drug-likeness (QED) is 0.278. The second-order valence-electron chi connectivity index (χ2n) is 8.02. The van der Waals surface area contributed by atoms with Crippen molar-refractivity contribution < 1.29 is 4.73 Å². The molecule has 158 valence electrons. The van der Waals surface area contributed by atoms with Gasteiger partial charge in [0.05, 0.1) is 10.4 Å². The van der Waals surface area contributed by atoms with Crippen LogP contribution >= 0.6 is 23.4 Å². The van der Waals surface area contributed by atoms with E-state index in [9.17, 15) is 5.21 Å². The molecule has 10 heteroatoms. The summed E-state index contributed by atoms with van der Waals surface area (Å²) in [4.78, 5) is 20.6. The van der Waals surface area contributed by atoms with Gasteiger partial charge in [-0.05, 0) is 24.2 Å². The van der Waals surface area contributed by atoms with Crippen molar-refractivity contribution in [2.75, 3.05) is 24.5 Å². The van der Waals surface area contributed by atoms with E-state index in [1.165, 1.54) is 18.0 Å². The maximum atomic E-state index is 12.1. The van der Waals surface area contributed by atoms with Crippen LogP contribution in [-0.2, 0) is 6.42 Å². The third-order valence-electron chi connectivity index (χ3n) is 6.15. The molecule has 2 fully saturated rings. The number of aromatic amines is 1. The van der Waals surface area contributed by atoms with E-state index in [2.05, 4.69) is 27.1 Å². The summed E-state index contributed by atoms with van der Waals surface area (Å²) in [5.74, 6) is 1.53. The van der Waals surface area contributed by atoms with Gasteiger partial charge in [-0.3, -0.25) is 0 Å². The third-order valence-corrected chi connectivity index (χ3v) is 7.40. The van der Waals surface area contributed by atoms with Gasteiger partial charge in [-0.15, -0.1) is 0 Å². The fourth-order valence-corrected chi connectivity index (χ4v) is 5.53. The fraction of sp³-hybridized carbons (Fsp3) is 0.333. The first-order valence-corrected chi connectivity index (χ1v) is 11.5. The van der Waals surface area contributed by atoms with Crippen LogP contribution in [0.1, 0.15) is 12.6 Å². The highest BCUT2D eigenvalue weighted by atomic mass is 35.5. The summed E-state index contributed by atoms with van der Waals surface area (Å²) in [5, 5.41) is 17.8. The smallest absolute Gasteiger partial charge is 0.243 e. The zero-order chi connectivity index (χ0) is 21.1. The van der Waals surface area contributed by atoms with Crippen LogP contribution in [0, 0.1) is 11.1 Å². The largest absolute Gasteiger partial charge is 0.618 e. The van der Waals surface area contributed by atoms with Crippen LogP contribution in [0.2, 0.25) is 5.02 Å².